The number of nitrogens with zero attached hydrogens (tertiary/aromatic N) is 1. The van der Waals surface area contributed by atoms with E-state index in [1.165, 1.54) is 0 Å². The van der Waals surface area contributed by atoms with Gasteiger partial charge in [0.15, 0.2) is 5.78 Å². The molecule has 0 unspecified atom stereocenters. The highest BCUT2D eigenvalue weighted by Crippen LogP contribution is 2.40. The molecule has 1 N–H and O–H groups in total. The van der Waals surface area contributed by atoms with E-state index in [-0.39, 0.29) is 11.2 Å². The highest BCUT2D eigenvalue weighted by molar-refractivity contribution is 6.00. The molecule has 4 rings (SSSR count). The lowest BCUT2D eigenvalue weighted by atomic mass is 9.76. The van der Waals surface area contributed by atoms with Crippen molar-refractivity contribution in [1.82, 2.24) is 4.57 Å². The molecule has 0 saturated heterocycles. The Balaban J connectivity index is 0.000000589. The summed E-state index contributed by atoms with van der Waals surface area (Å²) in [7, 11) is 1.67. The van der Waals surface area contributed by atoms with E-state index >= 15 is 0 Å². The number of ether oxygens (including phenoxy) is 1. The van der Waals surface area contributed by atoms with Gasteiger partial charge in [0.25, 0.3) is 5.97 Å². The predicted molar refractivity (Wildman–Crippen MR) is 117 cm³/mol. The lowest BCUT2D eigenvalue weighted by molar-refractivity contribution is -0.134. The zero-order valence-electron chi connectivity index (χ0n) is 17.8. The maximum absolute atomic E-state index is 12.8. The van der Waals surface area contributed by atoms with Crippen molar-refractivity contribution in [3.8, 4) is 22.7 Å². The number of hydrogen-bond donors (Lipinski definition) is 1. The van der Waals surface area contributed by atoms with Gasteiger partial charge in [-0.1, -0.05) is 44.2 Å². The molecule has 2 aromatic carbocycles. The second-order valence-electron chi connectivity index (χ2n) is 8.25. The fraction of sp³-hybridized carbons (Fsp3) is 0.280. The summed E-state index contributed by atoms with van der Waals surface area (Å²) in [5.74, 6) is 0.230. The van der Waals surface area contributed by atoms with Crippen molar-refractivity contribution in [2.45, 2.75) is 33.6 Å². The number of rotatable bonds is 3. The molecule has 0 spiro atoms. The molecule has 1 aliphatic rings. The molecule has 0 aliphatic heterocycles. The van der Waals surface area contributed by atoms with Gasteiger partial charge in [-0.3, -0.25) is 9.59 Å². The summed E-state index contributed by atoms with van der Waals surface area (Å²) >= 11 is 0. The van der Waals surface area contributed by atoms with Gasteiger partial charge in [-0.2, -0.15) is 0 Å². The third-order valence-electron chi connectivity index (χ3n) is 5.09. The Morgan fingerprint density at radius 3 is 2.20 bits per heavy atom. The van der Waals surface area contributed by atoms with Crippen LogP contribution in [0, 0.1) is 5.41 Å². The number of hydrogen-bond acceptors (Lipinski definition) is 3. The maximum Gasteiger partial charge on any atom is 0.300 e. The van der Waals surface area contributed by atoms with Gasteiger partial charge in [0.05, 0.1) is 12.8 Å². The summed E-state index contributed by atoms with van der Waals surface area (Å²) < 4.78 is 7.54. The van der Waals surface area contributed by atoms with E-state index in [1.54, 1.807) is 7.11 Å². The summed E-state index contributed by atoms with van der Waals surface area (Å²) in [6.45, 7) is 5.42. The number of carboxylic acid groups (broad SMARTS) is 1. The Kier molecular flexibility index (Phi) is 6.11. The van der Waals surface area contributed by atoms with Crippen molar-refractivity contribution in [1.29, 1.82) is 0 Å². The first-order chi connectivity index (χ1) is 14.2. The van der Waals surface area contributed by atoms with Crippen LogP contribution in [-0.4, -0.2) is 28.5 Å². The first-order valence-corrected chi connectivity index (χ1v) is 9.89. The summed E-state index contributed by atoms with van der Waals surface area (Å²) in [6.07, 6.45) is 1.48. The number of fused-ring (bicyclic) bond motifs is 1. The second kappa shape index (κ2) is 8.57. The Hall–Kier alpha value is -3.34. The van der Waals surface area contributed by atoms with Crippen LogP contribution in [0.2, 0.25) is 0 Å². The van der Waals surface area contributed by atoms with E-state index in [2.05, 4.69) is 48.7 Å². The lowest BCUT2D eigenvalue weighted by Crippen LogP contribution is -2.27. The number of benzene rings is 2. The smallest absolute Gasteiger partial charge is 0.300 e. The van der Waals surface area contributed by atoms with Crippen LogP contribution in [-0.2, 0) is 11.2 Å². The number of Topliss-reactive ketones (excluding diaryl/α,β-unsaturated/α-hetero) is 1. The number of carboxylic acids is 1. The van der Waals surface area contributed by atoms with E-state index in [9.17, 15) is 4.79 Å². The molecule has 3 aromatic rings. The standard InChI is InChI=1S/C23H23NO2.C2H4O2/c1-23(2)14-21-19(22(25)15-23)13-20(16-7-5-4-6-8-16)24(21)17-9-11-18(26-3)12-10-17;1-2(3)4/h4-13H,14-15H2,1-3H3;1H3,(H,3,4). The molecular weight excluding hydrogens is 378 g/mol. The minimum absolute atomic E-state index is 0.0272. The summed E-state index contributed by atoms with van der Waals surface area (Å²) in [6, 6.07) is 20.4. The molecule has 5 nitrogen and oxygen atoms in total. The number of carbonyl (C=O) groups excluding carboxylic acids is 1. The highest BCUT2D eigenvalue weighted by atomic mass is 16.5. The van der Waals surface area contributed by atoms with Crippen molar-refractivity contribution in [3.63, 3.8) is 0 Å². The van der Waals surface area contributed by atoms with Crippen molar-refractivity contribution in [3.05, 3.63) is 71.9 Å². The van der Waals surface area contributed by atoms with E-state index < -0.39 is 5.97 Å². The van der Waals surface area contributed by atoms with Crippen molar-refractivity contribution < 1.29 is 19.4 Å². The van der Waals surface area contributed by atoms with Crippen molar-refractivity contribution in [2.24, 2.45) is 5.41 Å². The van der Waals surface area contributed by atoms with Crippen LogP contribution in [0.1, 0.15) is 43.2 Å². The van der Waals surface area contributed by atoms with Crippen LogP contribution >= 0.6 is 0 Å². The maximum atomic E-state index is 12.8. The third-order valence-corrected chi connectivity index (χ3v) is 5.09. The summed E-state index contributed by atoms with van der Waals surface area (Å²) in [5.41, 5.74) is 5.17. The van der Waals surface area contributed by atoms with Gasteiger partial charge in [-0.05, 0) is 47.7 Å². The van der Waals surface area contributed by atoms with Crippen molar-refractivity contribution in [2.75, 3.05) is 7.11 Å². The zero-order valence-corrected chi connectivity index (χ0v) is 17.8. The van der Waals surface area contributed by atoms with Gasteiger partial charge < -0.3 is 14.4 Å². The third kappa shape index (κ3) is 4.62. The van der Waals surface area contributed by atoms with Crippen LogP contribution in [0.4, 0.5) is 0 Å². The molecule has 1 aromatic heterocycles. The molecule has 0 atom stereocenters. The number of aliphatic carboxylic acids is 1. The highest BCUT2D eigenvalue weighted by Gasteiger charge is 2.34. The second-order valence-corrected chi connectivity index (χ2v) is 8.25. The van der Waals surface area contributed by atoms with Gasteiger partial charge in [0.1, 0.15) is 5.75 Å². The van der Waals surface area contributed by atoms with E-state index in [0.29, 0.717) is 6.42 Å². The molecule has 156 valence electrons. The monoisotopic (exact) mass is 405 g/mol. The summed E-state index contributed by atoms with van der Waals surface area (Å²) in [5, 5.41) is 7.42. The van der Waals surface area contributed by atoms with E-state index in [1.807, 2.05) is 30.3 Å². The first-order valence-electron chi connectivity index (χ1n) is 9.89. The topological polar surface area (TPSA) is 68.5 Å². The van der Waals surface area contributed by atoms with Crippen LogP contribution in [0.3, 0.4) is 0 Å². The van der Waals surface area contributed by atoms with Gasteiger partial charge in [0, 0.05) is 30.3 Å². The van der Waals surface area contributed by atoms with Gasteiger partial charge in [-0.25, -0.2) is 0 Å². The average molecular weight is 405 g/mol. The Bertz CT molecular complexity index is 1040. The predicted octanol–water partition coefficient (Wildman–Crippen LogP) is 5.40. The Morgan fingerprint density at radius 2 is 1.63 bits per heavy atom. The average Bonchev–Trinajstić information content (AvgIpc) is 3.07. The molecule has 1 heterocycles. The Morgan fingerprint density at radius 1 is 1.03 bits per heavy atom. The molecule has 0 bridgehead atoms. The molecular formula is C25H27NO4. The minimum atomic E-state index is -0.833. The number of ketones is 1. The molecule has 0 saturated carbocycles. The summed E-state index contributed by atoms with van der Waals surface area (Å²) in [4.78, 5) is 21.8. The van der Waals surface area contributed by atoms with E-state index in [0.717, 1.165) is 47.3 Å². The van der Waals surface area contributed by atoms with Gasteiger partial charge in [0.2, 0.25) is 0 Å². The normalized spacial score (nSPS) is 14.3. The quantitative estimate of drug-likeness (QED) is 0.634. The Labute approximate surface area is 176 Å². The van der Waals surface area contributed by atoms with Crippen LogP contribution in [0.25, 0.3) is 16.9 Å². The fourth-order valence-electron chi connectivity index (χ4n) is 3.86. The van der Waals surface area contributed by atoms with Gasteiger partial charge >= 0.3 is 0 Å². The minimum Gasteiger partial charge on any atom is -0.497 e. The molecule has 30 heavy (non-hydrogen) atoms. The molecule has 0 radical (unpaired) electrons. The molecule has 0 amide bonds. The molecule has 5 heteroatoms. The lowest BCUT2D eigenvalue weighted by Gasteiger charge is -2.30. The number of methoxy groups -OCH3 is 1. The van der Waals surface area contributed by atoms with Crippen LogP contribution in [0.5, 0.6) is 5.75 Å². The SMILES string of the molecule is CC(=O)O.COc1ccc(-n2c(-c3ccccc3)cc3c2CC(C)(C)CC3=O)cc1. The van der Waals surface area contributed by atoms with Crippen LogP contribution in [0.15, 0.2) is 60.7 Å². The zero-order chi connectivity index (χ0) is 21.9. The van der Waals surface area contributed by atoms with Gasteiger partial charge in [-0.15, -0.1) is 0 Å². The largest absolute Gasteiger partial charge is 0.497 e. The first kappa shape index (κ1) is 21.4. The molecule has 0 fully saturated rings. The van der Waals surface area contributed by atoms with Crippen LogP contribution < -0.4 is 4.74 Å². The number of carbonyl (C=O) groups is 2. The number of aromatic nitrogens is 1. The van der Waals surface area contributed by atoms with E-state index in [4.69, 9.17) is 14.6 Å². The van der Waals surface area contributed by atoms with Crippen molar-refractivity contribution >= 4 is 11.8 Å². The molecule has 1 aliphatic carbocycles. The fourth-order valence-corrected chi connectivity index (χ4v) is 3.86.